The molecule has 0 saturated carbocycles. The van der Waals surface area contributed by atoms with Crippen LogP contribution in [0.1, 0.15) is 24.8 Å². The van der Waals surface area contributed by atoms with Gasteiger partial charge in [0.15, 0.2) is 0 Å². The van der Waals surface area contributed by atoms with E-state index in [4.69, 9.17) is 0 Å². The van der Waals surface area contributed by atoms with Crippen molar-refractivity contribution >= 4 is 17.2 Å². The minimum atomic E-state index is -4.66. The molecule has 0 aromatic carbocycles. The highest BCUT2D eigenvalue weighted by Gasteiger charge is 2.49. The number of alkyl halides is 4. The van der Waals surface area contributed by atoms with E-state index in [9.17, 15) is 22.4 Å². The van der Waals surface area contributed by atoms with Crippen LogP contribution in [0, 0.1) is 5.92 Å². The van der Waals surface area contributed by atoms with E-state index in [1.807, 2.05) is 5.32 Å². The number of hydrogen-bond acceptors (Lipinski definition) is 2. The van der Waals surface area contributed by atoms with Crippen LogP contribution in [0.25, 0.3) is 0 Å². The van der Waals surface area contributed by atoms with E-state index in [1.54, 1.807) is 31.4 Å². The number of rotatable bonds is 5. The van der Waals surface area contributed by atoms with Crippen molar-refractivity contribution in [3.8, 4) is 0 Å². The first-order chi connectivity index (χ1) is 8.26. The van der Waals surface area contributed by atoms with Gasteiger partial charge in [-0.25, -0.2) is 8.78 Å². The van der Waals surface area contributed by atoms with Gasteiger partial charge in [-0.2, -0.15) is 8.78 Å². The summed E-state index contributed by atoms with van der Waals surface area (Å²) in [5.74, 6) is -6.78. The van der Waals surface area contributed by atoms with Gasteiger partial charge in [-0.1, -0.05) is 19.9 Å². The van der Waals surface area contributed by atoms with E-state index in [0.29, 0.717) is 4.88 Å². The SMILES string of the molecule is CC(C)C(NC(=O)C(F)(F)C(F)F)c1cccs1. The fourth-order valence-corrected chi connectivity index (χ4v) is 2.32. The molecule has 0 radical (unpaired) electrons. The van der Waals surface area contributed by atoms with Crippen LogP contribution >= 0.6 is 11.3 Å². The Labute approximate surface area is 106 Å². The second kappa shape index (κ2) is 5.69. The summed E-state index contributed by atoms with van der Waals surface area (Å²) in [4.78, 5) is 11.8. The lowest BCUT2D eigenvalue weighted by molar-refractivity contribution is -0.170. The molecule has 7 heteroatoms. The van der Waals surface area contributed by atoms with Crippen LogP contribution in [0.4, 0.5) is 17.6 Å². The van der Waals surface area contributed by atoms with Gasteiger partial charge in [-0.3, -0.25) is 4.79 Å². The van der Waals surface area contributed by atoms with E-state index in [1.165, 1.54) is 11.3 Å². The Morgan fingerprint density at radius 1 is 1.39 bits per heavy atom. The molecule has 0 aliphatic rings. The zero-order valence-electron chi connectivity index (χ0n) is 9.79. The Morgan fingerprint density at radius 2 is 2.00 bits per heavy atom. The fourth-order valence-electron chi connectivity index (χ4n) is 1.37. The molecule has 1 N–H and O–H groups in total. The Bertz CT molecular complexity index is 392. The van der Waals surface area contributed by atoms with Crippen LogP contribution in [-0.2, 0) is 4.79 Å². The number of amides is 1. The van der Waals surface area contributed by atoms with Crippen molar-refractivity contribution < 1.29 is 22.4 Å². The predicted molar refractivity (Wildman–Crippen MR) is 61.0 cm³/mol. The highest BCUT2D eigenvalue weighted by atomic mass is 32.1. The molecular formula is C11H13F4NOS. The molecular weight excluding hydrogens is 270 g/mol. The maximum atomic E-state index is 12.8. The monoisotopic (exact) mass is 283 g/mol. The van der Waals surface area contributed by atoms with Gasteiger partial charge in [-0.05, 0) is 17.4 Å². The normalized spacial score (nSPS) is 14.0. The van der Waals surface area contributed by atoms with Gasteiger partial charge in [0, 0.05) is 4.88 Å². The smallest absolute Gasteiger partial charge is 0.343 e. The second-order valence-corrected chi connectivity index (χ2v) is 5.11. The number of carbonyl (C=O) groups excluding carboxylic acids is 1. The van der Waals surface area contributed by atoms with Crippen LogP contribution in [0.2, 0.25) is 0 Å². The van der Waals surface area contributed by atoms with E-state index in [2.05, 4.69) is 0 Å². The molecule has 1 aromatic rings. The molecule has 0 spiro atoms. The molecule has 0 saturated heterocycles. The number of hydrogen-bond donors (Lipinski definition) is 1. The predicted octanol–water partition coefficient (Wildman–Crippen LogP) is 3.46. The molecule has 0 aliphatic heterocycles. The van der Waals surface area contributed by atoms with Gasteiger partial charge >= 0.3 is 12.3 Å². The molecule has 1 aromatic heterocycles. The molecule has 102 valence electrons. The van der Waals surface area contributed by atoms with Crippen molar-refractivity contribution in [3.05, 3.63) is 22.4 Å². The van der Waals surface area contributed by atoms with E-state index < -0.39 is 24.3 Å². The van der Waals surface area contributed by atoms with E-state index in [-0.39, 0.29) is 5.92 Å². The summed E-state index contributed by atoms with van der Waals surface area (Å²) in [5, 5.41) is 3.71. The van der Waals surface area contributed by atoms with E-state index >= 15 is 0 Å². The summed E-state index contributed by atoms with van der Waals surface area (Å²) in [6, 6.07) is 2.67. The summed E-state index contributed by atoms with van der Waals surface area (Å²) >= 11 is 1.27. The van der Waals surface area contributed by atoms with Crippen LogP contribution in [-0.4, -0.2) is 18.3 Å². The van der Waals surface area contributed by atoms with Gasteiger partial charge in [0.25, 0.3) is 5.91 Å². The summed E-state index contributed by atoms with van der Waals surface area (Å²) < 4.78 is 49.8. The minimum Gasteiger partial charge on any atom is -0.343 e. The van der Waals surface area contributed by atoms with Crippen LogP contribution in [0.3, 0.4) is 0 Å². The molecule has 1 atom stereocenters. The quantitative estimate of drug-likeness (QED) is 0.824. The maximum Gasteiger partial charge on any atom is 0.383 e. The standard InChI is InChI=1S/C11H13F4NOS/c1-6(2)8(7-4-3-5-18-7)16-10(17)11(14,15)9(12)13/h3-6,8-9H,1-2H3,(H,16,17). The first-order valence-electron chi connectivity index (χ1n) is 5.27. The highest BCUT2D eigenvalue weighted by molar-refractivity contribution is 7.10. The average Bonchev–Trinajstić information content (AvgIpc) is 2.77. The van der Waals surface area contributed by atoms with Crippen molar-refractivity contribution in [1.82, 2.24) is 5.32 Å². The Hall–Kier alpha value is -1.11. The summed E-state index contributed by atoms with van der Waals surface area (Å²) in [7, 11) is 0. The van der Waals surface area contributed by atoms with Gasteiger partial charge in [0.1, 0.15) is 0 Å². The van der Waals surface area contributed by atoms with Crippen LogP contribution < -0.4 is 5.32 Å². The Balaban J connectivity index is 2.83. The van der Waals surface area contributed by atoms with Crippen molar-refractivity contribution in [2.24, 2.45) is 5.92 Å². The average molecular weight is 283 g/mol. The van der Waals surface area contributed by atoms with Gasteiger partial charge < -0.3 is 5.32 Å². The molecule has 1 unspecified atom stereocenters. The summed E-state index contributed by atoms with van der Waals surface area (Å²) in [6.45, 7) is 3.43. The molecule has 1 heterocycles. The zero-order valence-corrected chi connectivity index (χ0v) is 10.6. The fraction of sp³-hybridized carbons (Fsp3) is 0.545. The molecule has 1 amide bonds. The van der Waals surface area contributed by atoms with Crippen LogP contribution in [0.15, 0.2) is 17.5 Å². The van der Waals surface area contributed by atoms with Gasteiger partial charge in [-0.15, -0.1) is 11.3 Å². The minimum absolute atomic E-state index is 0.180. The third kappa shape index (κ3) is 3.22. The van der Waals surface area contributed by atoms with Gasteiger partial charge in [0.05, 0.1) is 6.04 Å². The topological polar surface area (TPSA) is 29.1 Å². The number of carbonyl (C=O) groups is 1. The lowest BCUT2D eigenvalue weighted by atomic mass is 10.0. The lowest BCUT2D eigenvalue weighted by Gasteiger charge is -2.24. The highest BCUT2D eigenvalue weighted by Crippen LogP contribution is 2.29. The second-order valence-electron chi connectivity index (χ2n) is 4.13. The van der Waals surface area contributed by atoms with E-state index in [0.717, 1.165) is 0 Å². The summed E-state index contributed by atoms with van der Waals surface area (Å²) in [6.07, 6.45) is -4.01. The summed E-state index contributed by atoms with van der Waals surface area (Å²) in [5.41, 5.74) is 0. The third-order valence-corrected chi connectivity index (χ3v) is 3.34. The molecule has 0 aliphatic carbocycles. The molecule has 0 fully saturated rings. The third-order valence-electron chi connectivity index (χ3n) is 2.38. The van der Waals surface area contributed by atoms with Crippen molar-refractivity contribution in [2.75, 3.05) is 0 Å². The Morgan fingerprint density at radius 3 is 2.39 bits per heavy atom. The van der Waals surface area contributed by atoms with Crippen LogP contribution in [0.5, 0.6) is 0 Å². The molecule has 0 bridgehead atoms. The molecule has 2 nitrogen and oxygen atoms in total. The Kier molecular flexibility index (Phi) is 4.72. The number of thiophene rings is 1. The zero-order chi connectivity index (χ0) is 13.9. The first kappa shape index (κ1) is 14.9. The van der Waals surface area contributed by atoms with Crippen molar-refractivity contribution in [1.29, 1.82) is 0 Å². The lowest BCUT2D eigenvalue weighted by Crippen LogP contribution is -2.47. The first-order valence-corrected chi connectivity index (χ1v) is 6.15. The maximum absolute atomic E-state index is 12.8. The number of halogens is 4. The van der Waals surface area contributed by atoms with Crippen molar-refractivity contribution in [2.45, 2.75) is 32.2 Å². The van der Waals surface area contributed by atoms with Gasteiger partial charge in [0.2, 0.25) is 0 Å². The van der Waals surface area contributed by atoms with Crippen molar-refractivity contribution in [3.63, 3.8) is 0 Å². The largest absolute Gasteiger partial charge is 0.383 e. The number of nitrogens with one attached hydrogen (secondary N) is 1. The molecule has 18 heavy (non-hydrogen) atoms. The molecule has 1 rings (SSSR count).